The average molecular weight is 472 g/mol. The predicted octanol–water partition coefficient (Wildman–Crippen LogP) is 3.61. The van der Waals surface area contributed by atoms with E-state index in [0.717, 1.165) is 41.5 Å². The first kappa shape index (κ1) is 24.9. The molecular formula is C25H33N3O4S. The number of benzene rings is 2. The monoisotopic (exact) mass is 471 g/mol. The smallest absolute Gasteiger partial charge is 0.313 e. The lowest BCUT2D eigenvalue weighted by molar-refractivity contribution is -0.136. The zero-order valence-corrected chi connectivity index (χ0v) is 20.6. The molecule has 1 saturated heterocycles. The highest BCUT2D eigenvalue weighted by Gasteiger charge is 2.35. The molecule has 1 heterocycles. The van der Waals surface area contributed by atoms with Gasteiger partial charge in [0, 0.05) is 24.8 Å². The van der Waals surface area contributed by atoms with Crippen LogP contribution in [-0.2, 0) is 19.6 Å². The molecule has 0 spiro atoms. The highest BCUT2D eigenvalue weighted by molar-refractivity contribution is 7.89. The van der Waals surface area contributed by atoms with E-state index in [0.29, 0.717) is 23.5 Å². The Labute approximate surface area is 196 Å². The molecule has 3 rings (SSSR count). The molecule has 7 nitrogen and oxygen atoms in total. The minimum absolute atomic E-state index is 0.218. The molecule has 0 saturated carbocycles. The zero-order chi connectivity index (χ0) is 24.2. The summed E-state index contributed by atoms with van der Waals surface area (Å²) < 4.78 is 28.7. The molecule has 2 aromatic carbocycles. The number of aryl methyl sites for hydroxylation is 4. The first-order valence-corrected chi connectivity index (χ1v) is 12.8. The van der Waals surface area contributed by atoms with Crippen LogP contribution >= 0.6 is 0 Å². The van der Waals surface area contributed by atoms with Gasteiger partial charge in [0.1, 0.15) is 0 Å². The van der Waals surface area contributed by atoms with Crippen LogP contribution < -0.4 is 10.6 Å². The van der Waals surface area contributed by atoms with Crippen LogP contribution in [-0.4, -0.2) is 43.7 Å². The van der Waals surface area contributed by atoms with Crippen molar-refractivity contribution in [3.8, 4) is 0 Å². The van der Waals surface area contributed by atoms with Gasteiger partial charge in [-0.05, 0) is 70.2 Å². The summed E-state index contributed by atoms with van der Waals surface area (Å²) in [4.78, 5) is 24.8. The van der Waals surface area contributed by atoms with Gasteiger partial charge in [0.05, 0.1) is 4.90 Å². The van der Waals surface area contributed by atoms with Crippen molar-refractivity contribution in [3.63, 3.8) is 0 Å². The van der Waals surface area contributed by atoms with Gasteiger partial charge in [-0.15, -0.1) is 0 Å². The van der Waals surface area contributed by atoms with Crippen molar-refractivity contribution >= 4 is 27.5 Å². The van der Waals surface area contributed by atoms with Crippen LogP contribution in [0.15, 0.2) is 41.3 Å². The Hall–Kier alpha value is -2.71. The largest absolute Gasteiger partial charge is 0.348 e. The van der Waals surface area contributed by atoms with E-state index in [1.165, 1.54) is 0 Å². The van der Waals surface area contributed by atoms with E-state index < -0.39 is 21.8 Å². The van der Waals surface area contributed by atoms with Gasteiger partial charge < -0.3 is 10.6 Å². The third-order valence-corrected chi connectivity index (χ3v) is 8.28. The number of anilines is 1. The average Bonchev–Trinajstić information content (AvgIpc) is 2.74. The second-order valence-corrected chi connectivity index (χ2v) is 10.7. The van der Waals surface area contributed by atoms with Crippen molar-refractivity contribution in [2.75, 3.05) is 18.4 Å². The Bertz CT molecular complexity index is 1100. The van der Waals surface area contributed by atoms with Gasteiger partial charge in [-0.2, -0.15) is 4.31 Å². The van der Waals surface area contributed by atoms with Gasteiger partial charge in [0.25, 0.3) is 0 Å². The maximum atomic E-state index is 13.6. The summed E-state index contributed by atoms with van der Waals surface area (Å²) in [5.41, 5.74) is 4.14. The third kappa shape index (κ3) is 6.00. The molecule has 1 fully saturated rings. The van der Waals surface area contributed by atoms with Crippen LogP contribution in [0.1, 0.15) is 47.9 Å². The number of carbonyl (C=O) groups excluding carboxylic acids is 2. The molecule has 8 heteroatoms. The quantitative estimate of drug-likeness (QED) is 0.629. The summed E-state index contributed by atoms with van der Waals surface area (Å²) in [6.45, 7) is 8.24. The highest BCUT2D eigenvalue weighted by atomic mass is 32.2. The summed E-state index contributed by atoms with van der Waals surface area (Å²) in [5.74, 6) is -1.47. The van der Waals surface area contributed by atoms with Crippen LogP contribution in [0.5, 0.6) is 0 Å². The summed E-state index contributed by atoms with van der Waals surface area (Å²) in [7, 11) is -3.66. The summed E-state index contributed by atoms with van der Waals surface area (Å²) in [6, 6.07) is 10.7. The molecule has 1 unspecified atom stereocenters. The number of nitrogens with one attached hydrogen (secondary N) is 2. The number of sulfonamides is 1. The summed E-state index contributed by atoms with van der Waals surface area (Å²) in [5, 5.41) is 5.20. The minimum atomic E-state index is -3.66. The Morgan fingerprint density at radius 1 is 0.939 bits per heavy atom. The molecule has 2 amide bonds. The van der Waals surface area contributed by atoms with Crippen molar-refractivity contribution < 1.29 is 18.0 Å². The standard InChI is InChI=1S/C25H33N3O4S/c1-17-8-10-21(11-9-17)27-25(30)24(29)26-13-12-22-7-5-6-14-28(22)33(31,32)23-19(3)15-18(2)16-20(23)4/h8-11,15-16,22H,5-7,12-14H2,1-4H3,(H,26,29)(H,27,30). The Balaban J connectivity index is 1.63. The molecule has 0 radical (unpaired) electrons. The van der Waals surface area contributed by atoms with Gasteiger partial charge in [0.2, 0.25) is 10.0 Å². The van der Waals surface area contributed by atoms with E-state index in [-0.39, 0.29) is 12.6 Å². The van der Waals surface area contributed by atoms with Crippen LogP contribution in [0.25, 0.3) is 0 Å². The van der Waals surface area contributed by atoms with Gasteiger partial charge >= 0.3 is 11.8 Å². The Morgan fingerprint density at radius 3 is 2.21 bits per heavy atom. The lowest BCUT2D eigenvalue weighted by atomic mass is 10.0. The van der Waals surface area contributed by atoms with Crippen LogP contribution in [0, 0.1) is 27.7 Å². The van der Waals surface area contributed by atoms with E-state index in [1.54, 1.807) is 16.4 Å². The second-order valence-electron chi connectivity index (χ2n) is 8.86. The van der Waals surface area contributed by atoms with Gasteiger partial charge in [-0.1, -0.05) is 41.8 Å². The molecule has 0 aromatic heterocycles. The molecule has 1 aliphatic rings. The molecule has 33 heavy (non-hydrogen) atoms. The maximum Gasteiger partial charge on any atom is 0.313 e. The second kappa shape index (κ2) is 10.5. The number of hydrogen-bond donors (Lipinski definition) is 2. The molecule has 0 bridgehead atoms. The van der Waals surface area contributed by atoms with Crippen molar-refractivity contribution in [1.29, 1.82) is 0 Å². The van der Waals surface area contributed by atoms with E-state index in [4.69, 9.17) is 0 Å². The van der Waals surface area contributed by atoms with Crippen molar-refractivity contribution in [3.05, 3.63) is 58.7 Å². The van der Waals surface area contributed by atoms with Crippen molar-refractivity contribution in [2.24, 2.45) is 0 Å². The molecule has 2 N–H and O–H groups in total. The molecule has 2 aromatic rings. The number of nitrogens with zero attached hydrogens (tertiary/aromatic N) is 1. The molecule has 0 aliphatic carbocycles. The summed E-state index contributed by atoms with van der Waals surface area (Å²) in [6.07, 6.45) is 2.93. The highest BCUT2D eigenvalue weighted by Crippen LogP contribution is 2.31. The topological polar surface area (TPSA) is 95.6 Å². The zero-order valence-electron chi connectivity index (χ0n) is 19.8. The van der Waals surface area contributed by atoms with Crippen LogP contribution in [0.4, 0.5) is 5.69 Å². The number of carbonyl (C=O) groups is 2. The minimum Gasteiger partial charge on any atom is -0.348 e. The number of rotatable bonds is 6. The molecular weight excluding hydrogens is 438 g/mol. The van der Waals surface area contributed by atoms with E-state index in [2.05, 4.69) is 10.6 Å². The first-order chi connectivity index (χ1) is 15.6. The number of piperidine rings is 1. The fourth-order valence-electron chi connectivity index (χ4n) is 4.53. The van der Waals surface area contributed by atoms with E-state index in [1.807, 2.05) is 52.0 Å². The van der Waals surface area contributed by atoms with Crippen LogP contribution in [0.2, 0.25) is 0 Å². The lowest BCUT2D eigenvalue weighted by Crippen LogP contribution is -2.46. The van der Waals surface area contributed by atoms with Gasteiger partial charge in [-0.25, -0.2) is 8.42 Å². The van der Waals surface area contributed by atoms with Crippen LogP contribution in [0.3, 0.4) is 0 Å². The molecule has 178 valence electrons. The third-order valence-electron chi connectivity index (χ3n) is 6.02. The fourth-order valence-corrected chi connectivity index (χ4v) is 6.67. The maximum absolute atomic E-state index is 13.6. The number of hydrogen-bond acceptors (Lipinski definition) is 4. The fraction of sp³-hybridized carbons (Fsp3) is 0.440. The number of amides is 2. The Kier molecular flexibility index (Phi) is 7.92. The van der Waals surface area contributed by atoms with Crippen molar-refractivity contribution in [1.82, 2.24) is 9.62 Å². The van der Waals surface area contributed by atoms with Crippen molar-refractivity contribution in [2.45, 2.75) is 64.3 Å². The Morgan fingerprint density at radius 2 is 1.58 bits per heavy atom. The first-order valence-electron chi connectivity index (χ1n) is 11.3. The molecule has 1 atom stereocenters. The van der Waals surface area contributed by atoms with Gasteiger partial charge in [0.15, 0.2) is 0 Å². The van der Waals surface area contributed by atoms with E-state index in [9.17, 15) is 18.0 Å². The predicted molar refractivity (Wildman–Crippen MR) is 130 cm³/mol. The molecule has 1 aliphatic heterocycles. The lowest BCUT2D eigenvalue weighted by Gasteiger charge is -2.35. The SMILES string of the molecule is Cc1ccc(NC(=O)C(=O)NCCC2CCCCN2S(=O)(=O)c2c(C)cc(C)cc2C)cc1. The van der Waals surface area contributed by atoms with Gasteiger partial charge in [-0.3, -0.25) is 9.59 Å². The normalized spacial score (nSPS) is 16.9. The van der Waals surface area contributed by atoms with E-state index >= 15 is 0 Å². The summed E-state index contributed by atoms with van der Waals surface area (Å²) >= 11 is 0.